The molecule has 1 heterocycles. The van der Waals surface area contributed by atoms with Crippen LogP contribution in [0.1, 0.15) is 11.1 Å². The third kappa shape index (κ3) is 3.81. The highest BCUT2D eigenvalue weighted by atomic mass is 79.9. The van der Waals surface area contributed by atoms with Crippen LogP contribution in [0.3, 0.4) is 0 Å². The first-order chi connectivity index (χ1) is 10.7. The van der Waals surface area contributed by atoms with Gasteiger partial charge >= 0.3 is 0 Å². The average Bonchev–Trinajstić information content (AvgIpc) is 2.97. The van der Waals surface area contributed by atoms with E-state index in [9.17, 15) is 0 Å². The maximum Gasteiger partial charge on any atom is 0.203 e. The first-order valence-electron chi connectivity index (χ1n) is 6.78. The Labute approximate surface area is 141 Å². The largest absolute Gasteiger partial charge is 0.253 e. The molecule has 2 aromatic carbocycles. The highest BCUT2D eigenvalue weighted by molar-refractivity contribution is 9.10. The molecule has 0 fully saturated rings. The Morgan fingerprint density at radius 3 is 2.77 bits per heavy atom. The molecule has 0 spiro atoms. The maximum absolute atomic E-state index is 4.54. The lowest BCUT2D eigenvalue weighted by molar-refractivity contribution is 1.29. The molecule has 22 heavy (non-hydrogen) atoms. The van der Waals surface area contributed by atoms with E-state index < -0.39 is 0 Å². The summed E-state index contributed by atoms with van der Waals surface area (Å²) >= 11 is 4.97. The second kappa shape index (κ2) is 6.85. The first-order valence-corrected chi connectivity index (χ1v) is 8.45. The number of benzene rings is 2. The van der Waals surface area contributed by atoms with E-state index in [1.54, 1.807) is 6.21 Å². The second-order valence-electron chi connectivity index (χ2n) is 4.83. The highest BCUT2D eigenvalue weighted by Gasteiger charge is 2.03. The van der Waals surface area contributed by atoms with Crippen molar-refractivity contribution in [2.45, 2.75) is 6.92 Å². The quantitative estimate of drug-likeness (QED) is 0.497. The summed E-state index contributed by atoms with van der Waals surface area (Å²) in [6.45, 7) is 2.07. The smallest absolute Gasteiger partial charge is 0.203 e. The van der Waals surface area contributed by atoms with Gasteiger partial charge in [0.05, 0.1) is 11.9 Å². The van der Waals surface area contributed by atoms with E-state index >= 15 is 0 Å². The van der Waals surface area contributed by atoms with Crippen molar-refractivity contribution in [3.63, 3.8) is 0 Å². The molecule has 0 amide bonds. The Hall–Kier alpha value is -1.98. The van der Waals surface area contributed by atoms with Crippen LogP contribution in [0, 0.1) is 6.92 Å². The lowest BCUT2D eigenvalue weighted by Gasteiger charge is -1.97. The van der Waals surface area contributed by atoms with Crippen LogP contribution in [-0.2, 0) is 0 Å². The number of anilines is 1. The van der Waals surface area contributed by atoms with Crippen LogP contribution < -0.4 is 5.43 Å². The average molecular weight is 372 g/mol. The van der Waals surface area contributed by atoms with Gasteiger partial charge in [-0.25, -0.2) is 4.98 Å². The summed E-state index contributed by atoms with van der Waals surface area (Å²) in [7, 11) is 0. The fourth-order valence-corrected chi connectivity index (χ4v) is 2.92. The van der Waals surface area contributed by atoms with Crippen LogP contribution >= 0.6 is 27.3 Å². The van der Waals surface area contributed by atoms with Crippen molar-refractivity contribution < 1.29 is 0 Å². The number of halogens is 1. The molecule has 0 bridgehead atoms. The van der Waals surface area contributed by atoms with E-state index in [1.807, 2.05) is 41.8 Å². The molecule has 3 rings (SSSR count). The Kier molecular flexibility index (Phi) is 4.65. The maximum atomic E-state index is 4.54. The van der Waals surface area contributed by atoms with Crippen LogP contribution in [0.2, 0.25) is 0 Å². The zero-order valence-electron chi connectivity index (χ0n) is 12.0. The Morgan fingerprint density at radius 2 is 2.00 bits per heavy atom. The topological polar surface area (TPSA) is 37.3 Å². The molecule has 5 heteroatoms. The van der Waals surface area contributed by atoms with Crippen LogP contribution in [-0.4, -0.2) is 11.2 Å². The summed E-state index contributed by atoms with van der Waals surface area (Å²) in [5.74, 6) is 0. The van der Waals surface area contributed by atoms with Gasteiger partial charge in [0.15, 0.2) is 0 Å². The van der Waals surface area contributed by atoms with Crippen LogP contribution in [0.25, 0.3) is 11.3 Å². The third-order valence-corrected chi connectivity index (χ3v) is 4.34. The minimum absolute atomic E-state index is 0.779. The summed E-state index contributed by atoms with van der Waals surface area (Å²) in [6.07, 6.45) is 1.80. The van der Waals surface area contributed by atoms with Crippen molar-refractivity contribution in [1.29, 1.82) is 0 Å². The molecule has 1 aromatic heterocycles. The van der Waals surface area contributed by atoms with Gasteiger partial charge in [-0.2, -0.15) is 5.10 Å². The van der Waals surface area contributed by atoms with E-state index in [1.165, 1.54) is 16.9 Å². The summed E-state index contributed by atoms with van der Waals surface area (Å²) in [6, 6.07) is 16.3. The molecular formula is C17H14BrN3S. The van der Waals surface area contributed by atoms with Gasteiger partial charge in [-0.15, -0.1) is 11.3 Å². The monoisotopic (exact) mass is 371 g/mol. The first kappa shape index (κ1) is 14.9. The number of hydrazone groups is 1. The van der Waals surface area contributed by atoms with Crippen molar-refractivity contribution >= 4 is 38.6 Å². The number of aryl methyl sites for hydroxylation is 1. The number of thiazole rings is 1. The number of hydrogen-bond acceptors (Lipinski definition) is 4. The Balaban J connectivity index is 1.68. The fraction of sp³-hybridized carbons (Fsp3) is 0.0588. The third-order valence-electron chi connectivity index (χ3n) is 3.06. The lowest BCUT2D eigenvalue weighted by Crippen LogP contribution is -1.90. The van der Waals surface area contributed by atoms with Gasteiger partial charge in [-0.05, 0) is 24.6 Å². The highest BCUT2D eigenvalue weighted by Crippen LogP contribution is 2.25. The molecule has 0 radical (unpaired) electrons. The molecule has 110 valence electrons. The molecular weight excluding hydrogens is 358 g/mol. The molecule has 0 unspecified atom stereocenters. The summed E-state index contributed by atoms with van der Waals surface area (Å²) < 4.78 is 1.06. The van der Waals surface area contributed by atoms with E-state index in [-0.39, 0.29) is 0 Å². The number of aromatic nitrogens is 1. The van der Waals surface area contributed by atoms with Gasteiger partial charge in [-0.3, -0.25) is 5.43 Å². The lowest BCUT2D eigenvalue weighted by atomic mass is 10.2. The number of hydrogen-bond donors (Lipinski definition) is 1. The number of rotatable bonds is 4. The van der Waals surface area contributed by atoms with Crippen molar-refractivity contribution in [2.75, 3.05) is 5.43 Å². The zero-order chi connectivity index (χ0) is 15.4. The van der Waals surface area contributed by atoms with Crippen LogP contribution in [0.5, 0.6) is 0 Å². The SMILES string of the molecule is Cc1cccc(C=NNc2nc(-c3ccc(Br)cc3)cs2)c1. The molecule has 0 aliphatic rings. The molecule has 3 nitrogen and oxygen atoms in total. The van der Waals surface area contributed by atoms with Gasteiger partial charge in [0, 0.05) is 15.4 Å². The van der Waals surface area contributed by atoms with Gasteiger partial charge < -0.3 is 0 Å². The molecule has 0 saturated heterocycles. The minimum Gasteiger partial charge on any atom is -0.253 e. The molecule has 0 aliphatic heterocycles. The molecule has 3 aromatic rings. The zero-order valence-corrected chi connectivity index (χ0v) is 14.4. The fourth-order valence-electron chi connectivity index (χ4n) is 1.99. The molecule has 0 atom stereocenters. The second-order valence-corrected chi connectivity index (χ2v) is 6.60. The Bertz CT molecular complexity index is 794. The van der Waals surface area contributed by atoms with Crippen molar-refractivity contribution in [3.8, 4) is 11.3 Å². The number of nitrogens with one attached hydrogen (secondary N) is 1. The molecule has 0 saturated carbocycles. The predicted octanol–water partition coefficient (Wildman–Crippen LogP) is 5.33. The standard InChI is InChI=1S/C17H14BrN3S/c1-12-3-2-4-13(9-12)10-19-21-17-20-16(11-22-17)14-5-7-15(18)8-6-14/h2-11H,1H3,(H,20,21). The van der Waals surface area contributed by atoms with Crippen molar-refractivity contribution in [1.82, 2.24) is 4.98 Å². The summed E-state index contributed by atoms with van der Waals surface area (Å²) in [5, 5.41) is 7.04. The minimum atomic E-state index is 0.779. The van der Waals surface area contributed by atoms with E-state index in [2.05, 4.69) is 50.5 Å². The normalized spacial score (nSPS) is 11.0. The van der Waals surface area contributed by atoms with E-state index in [0.29, 0.717) is 0 Å². The number of nitrogens with zero attached hydrogens (tertiary/aromatic N) is 2. The Morgan fingerprint density at radius 1 is 1.18 bits per heavy atom. The van der Waals surface area contributed by atoms with Gasteiger partial charge in [0.25, 0.3) is 0 Å². The van der Waals surface area contributed by atoms with Crippen LogP contribution in [0.4, 0.5) is 5.13 Å². The van der Waals surface area contributed by atoms with Gasteiger partial charge in [-0.1, -0.05) is 57.9 Å². The molecule has 0 aliphatic carbocycles. The predicted molar refractivity (Wildman–Crippen MR) is 97.6 cm³/mol. The van der Waals surface area contributed by atoms with Gasteiger partial charge in [0.2, 0.25) is 5.13 Å². The van der Waals surface area contributed by atoms with Crippen LogP contribution in [0.15, 0.2) is 63.5 Å². The summed E-state index contributed by atoms with van der Waals surface area (Å²) in [4.78, 5) is 4.54. The summed E-state index contributed by atoms with van der Waals surface area (Å²) in [5.41, 5.74) is 7.31. The van der Waals surface area contributed by atoms with Crippen molar-refractivity contribution in [3.05, 3.63) is 69.5 Å². The van der Waals surface area contributed by atoms with E-state index in [4.69, 9.17) is 0 Å². The van der Waals surface area contributed by atoms with E-state index in [0.717, 1.165) is 26.4 Å². The molecule has 1 N–H and O–H groups in total. The van der Waals surface area contributed by atoms with Crippen molar-refractivity contribution in [2.24, 2.45) is 5.10 Å². The van der Waals surface area contributed by atoms with Gasteiger partial charge in [0.1, 0.15) is 0 Å².